The molecule has 1 fully saturated rings. The van der Waals surface area contributed by atoms with E-state index in [2.05, 4.69) is 5.16 Å². The van der Waals surface area contributed by atoms with Gasteiger partial charge in [-0.05, 0) is 18.2 Å². The lowest BCUT2D eigenvalue weighted by atomic mass is 10.1. The van der Waals surface area contributed by atoms with Crippen LogP contribution in [0.2, 0.25) is 0 Å². The van der Waals surface area contributed by atoms with Gasteiger partial charge >= 0.3 is 6.18 Å². The lowest BCUT2D eigenvalue weighted by Gasteiger charge is -2.26. The number of hydrogen-bond donors (Lipinski definition) is 1. The molecule has 1 aromatic carbocycles. The molecule has 8 nitrogen and oxygen atoms in total. The highest BCUT2D eigenvalue weighted by Crippen LogP contribution is 2.31. The number of rotatable bonds is 5. The summed E-state index contributed by atoms with van der Waals surface area (Å²) in [6.45, 7) is -0.417. The van der Waals surface area contributed by atoms with Gasteiger partial charge in [0.1, 0.15) is 0 Å². The second kappa shape index (κ2) is 8.36. The first-order chi connectivity index (χ1) is 12.6. The Hall–Kier alpha value is -2.65. The van der Waals surface area contributed by atoms with Crippen LogP contribution in [-0.4, -0.2) is 44.0 Å². The zero-order valence-electron chi connectivity index (χ0n) is 13.9. The van der Waals surface area contributed by atoms with Crippen molar-refractivity contribution < 1.29 is 31.2 Å². The molecule has 0 spiro atoms. The zero-order chi connectivity index (χ0) is 20.1. The summed E-state index contributed by atoms with van der Waals surface area (Å²) in [7, 11) is -4.07. The van der Waals surface area contributed by atoms with E-state index >= 15 is 0 Å². The fourth-order valence-corrected chi connectivity index (χ4v) is 3.83. The fourth-order valence-electron chi connectivity index (χ4n) is 2.34. The predicted molar refractivity (Wildman–Crippen MR) is 86.6 cm³/mol. The monoisotopic (exact) mass is 404 g/mol. The standard InChI is InChI=1S/C15H15F3N4O4S/c16-15(17,18)11-2-1-3-13(8-11)27(24,25)22-6-4-12(5-7-22)21-26-9-14(23)20-10-19/h1-3,8H,4-7,9H2,(H,20,23). The summed E-state index contributed by atoms with van der Waals surface area (Å²) in [4.78, 5) is 15.4. The van der Waals surface area contributed by atoms with E-state index in [0.717, 1.165) is 22.5 Å². The zero-order valence-corrected chi connectivity index (χ0v) is 14.7. The van der Waals surface area contributed by atoms with E-state index in [1.807, 2.05) is 5.32 Å². The predicted octanol–water partition coefficient (Wildman–Crippen LogP) is 1.46. The first-order valence-electron chi connectivity index (χ1n) is 7.67. The van der Waals surface area contributed by atoms with Gasteiger partial charge in [0, 0.05) is 25.9 Å². The van der Waals surface area contributed by atoms with Crippen LogP contribution in [-0.2, 0) is 25.8 Å². The topological polar surface area (TPSA) is 112 Å². The van der Waals surface area contributed by atoms with Crippen molar-refractivity contribution >= 4 is 21.6 Å². The molecule has 0 aliphatic carbocycles. The number of benzene rings is 1. The number of carbonyl (C=O) groups excluding carboxylic acids is 1. The van der Waals surface area contributed by atoms with Crippen molar-refractivity contribution in [2.75, 3.05) is 19.7 Å². The van der Waals surface area contributed by atoms with Crippen LogP contribution in [0, 0.1) is 11.5 Å². The molecule has 0 unspecified atom stereocenters. The molecule has 1 aliphatic heterocycles. The molecule has 1 N–H and O–H groups in total. The van der Waals surface area contributed by atoms with Crippen molar-refractivity contribution in [3.05, 3.63) is 29.8 Å². The second-order valence-electron chi connectivity index (χ2n) is 5.52. The van der Waals surface area contributed by atoms with E-state index in [9.17, 15) is 26.4 Å². The molecule has 0 bridgehead atoms. The number of nitriles is 1. The van der Waals surface area contributed by atoms with E-state index in [0.29, 0.717) is 11.8 Å². The molecule has 27 heavy (non-hydrogen) atoms. The molecular weight excluding hydrogens is 389 g/mol. The maximum absolute atomic E-state index is 12.8. The number of amides is 1. The molecule has 146 valence electrons. The lowest BCUT2D eigenvalue weighted by Crippen LogP contribution is -2.38. The van der Waals surface area contributed by atoms with E-state index in [1.54, 1.807) is 0 Å². The minimum absolute atomic E-state index is 0.0190. The van der Waals surface area contributed by atoms with Gasteiger partial charge in [-0.3, -0.25) is 10.1 Å². The summed E-state index contributed by atoms with van der Waals surface area (Å²) >= 11 is 0. The summed E-state index contributed by atoms with van der Waals surface area (Å²) < 4.78 is 64.5. The Bertz CT molecular complexity index is 868. The molecule has 0 radical (unpaired) electrons. The fraction of sp³-hybridized carbons (Fsp3) is 0.400. The average molecular weight is 404 g/mol. The molecular formula is C15H15F3N4O4S. The Morgan fingerprint density at radius 1 is 1.33 bits per heavy atom. The van der Waals surface area contributed by atoms with E-state index in [-0.39, 0.29) is 25.9 Å². The van der Waals surface area contributed by atoms with Crippen LogP contribution in [0.15, 0.2) is 34.3 Å². The number of nitrogens with one attached hydrogen (secondary N) is 1. The Morgan fingerprint density at radius 3 is 2.59 bits per heavy atom. The Kier molecular flexibility index (Phi) is 6.40. The van der Waals surface area contributed by atoms with Crippen molar-refractivity contribution in [3.8, 4) is 6.19 Å². The summed E-state index contributed by atoms with van der Waals surface area (Å²) in [6, 6.07) is 3.58. The van der Waals surface area contributed by atoms with E-state index < -0.39 is 39.2 Å². The molecule has 0 aromatic heterocycles. The van der Waals surface area contributed by atoms with Crippen LogP contribution < -0.4 is 5.32 Å². The number of oxime groups is 1. The first kappa shape index (κ1) is 20.7. The number of nitrogens with zero attached hydrogens (tertiary/aromatic N) is 3. The third-order valence-corrected chi connectivity index (χ3v) is 5.58. The van der Waals surface area contributed by atoms with Crippen LogP contribution in [0.25, 0.3) is 0 Å². The van der Waals surface area contributed by atoms with Gasteiger partial charge in [0.15, 0.2) is 12.8 Å². The molecule has 1 heterocycles. The van der Waals surface area contributed by atoms with Gasteiger partial charge < -0.3 is 4.84 Å². The summed E-state index contributed by atoms with van der Waals surface area (Å²) in [5, 5.41) is 13.8. The maximum atomic E-state index is 12.8. The molecule has 12 heteroatoms. The number of alkyl halides is 3. The quantitative estimate of drug-likeness (QED) is 0.454. The first-order valence-corrected chi connectivity index (χ1v) is 9.11. The number of sulfonamides is 1. The minimum Gasteiger partial charge on any atom is -0.386 e. The number of piperidine rings is 1. The molecule has 1 aliphatic rings. The Balaban J connectivity index is 2.01. The normalized spacial score (nSPS) is 15.7. The summed E-state index contributed by atoms with van der Waals surface area (Å²) in [5.41, 5.74) is -0.526. The highest BCUT2D eigenvalue weighted by molar-refractivity contribution is 7.89. The third-order valence-electron chi connectivity index (χ3n) is 3.68. The highest BCUT2D eigenvalue weighted by Gasteiger charge is 2.33. The molecule has 1 saturated heterocycles. The molecule has 0 saturated carbocycles. The van der Waals surface area contributed by atoms with Crippen molar-refractivity contribution in [2.45, 2.75) is 23.9 Å². The number of halogens is 3. The largest absolute Gasteiger partial charge is 0.416 e. The Labute approximate surface area is 153 Å². The van der Waals surface area contributed by atoms with Gasteiger partial charge in [-0.2, -0.15) is 22.7 Å². The van der Waals surface area contributed by atoms with E-state index in [4.69, 9.17) is 10.1 Å². The van der Waals surface area contributed by atoms with Crippen molar-refractivity contribution in [3.63, 3.8) is 0 Å². The number of hydrogen-bond acceptors (Lipinski definition) is 6. The van der Waals surface area contributed by atoms with Crippen LogP contribution >= 0.6 is 0 Å². The Morgan fingerprint density at radius 2 is 2.00 bits per heavy atom. The maximum Gasteiger partial charge on any atom is 0.416 e. The SMILES string of the molecule is N#CNC(=O)CON=C1CCN(S(=O)(=O)c2cccc(C(F)(F)F)c2)CC1. The lowest BCUT2D eigenvalue weighted by molar-refractivity contribution is -0.137. The van der Waals surface area contributed by atoms with E-state index in [1.165, 1.54) is 6.19 Å². The van der Waals surface area contributed by atoms with Crippen molar-refractivity contribution in [2.24, 2.45) is 5.16 Å². The van der Waals surface area contributed by atoms with Crippen LogP contribution in [0.4, 0.5) is 13.2 Å². The molecule has 1 amide bonds. The summed E-state index contributed by atoms with van der Waals surface area (Å²) in [6.07, 6.45) is -2.79. The average Bonchev–Trinajstić information content (AvgIpc) is 2.62. The van der Waals surface area contributed by atoms with Crippen LogP contribution in [0.1, 0.15) is 18.4 Å². The van der Waals surface area contributed by atoms with Gasteiger partial charge in [-0.15, -0.1) is 0 Å². The molecule has 0 atom stereocenters. The van der Waals surface area contributed by atoms with Crippen LogP contribution in [0.3, 0.4) is 0 Å². The second-order valence-corrected chi connectivity index (χ2v) is 7.46. The van der Waals surface area contributed by atoms with Gasteiger partial charge in [-0.25, -0.2) is 8.42 Å². The third kappa shape index (κ3) is 5.41. The van der Waals surface area contributed by atoms with Crippen molar-refractivity contribution in [1.82, 2.24) is 9.62 Å². The smallest absolute Gasteiger partial charge is 0.386 e. The number of carbonyl (C=O) groups is 1. The van der Waals surface area contributed by atoms with Gasteiger partial charge in [0.05, 0.1) is 16.2 Å². The molecule has 2 rings (SSSR count). The summed E-state index contributed by atoms with van der Waals surface area (Å²) in [5.74, 6) is -0.675. The minimum atomic E-state index is -4.64. The van der Waals surface area contributed by atoms with Gasteiger partial charge in [-0.1, -0.05) is 11.2 Å². The highest BCUT2D eigenvalue weighted by atomic mass is 32.2. The van der Waals surface area contributed by atoms with Gasteiger partial charge in [0.2, 0.25) is 10.0 Å². The van der Waals surface area contributed by atoms with Gasteiger partial charge in [0.25, 0.3) is 5.91 Å². The molecule has 1 aromatic rings. The van der Waals surface area contributed by atoms with Crippen LogP contribution in [0.5, 0.6) is 0 Å². The van der Waals surface area contributed by atoms with Crippen molar-refractivity contribution in [1.29, 1.82) is 5.26 Å².